The van der Waals surface area contributed by atoms with Gasteiger partial charge in [0.05, 0.1) is 12.6 Å². The lowest BCUT2D eigenvalue weighted by atomic mass is 9.92. The maximum atomic E-state index is 9.91. The number of nitrogens with zero attached hydrogens (tertiary/aromatic N) is 1. The van der Waals surface area contributed by atoms with Crippen molar-refractivity contribution in [2.75, 3.05) is 6.54 Å². The second-order valence-electron chi connectivity index (χ2n) is 5.11. The summed E-state index contributed by atoms with van der Waals surface area (Å²) in [6, 6.07) is 21.1. The lowest BCUT2D eigenvalue weighted by molar-refractivity contribution is 0.0395. The van der Waals surface area contributed by atoms with Gasteiger partial charge in [-0.25, -0.2) is 0 Å². The molecular weight excluding hydrogens is 246 g/mol. The van der Waals surface area contributed by atoms with Crippen LogP contribution < -0.4 is 0 Å². The topological polar surface area (TPSA) is 23.5 Å². The number of hydrogen-bond acceptors (Lipinski definition) is 2. The van der Waals surface area contributed by atoms with Crippen molar-refractivity contribution in [3.63, 3.8) is 0 Å². The number of benzene rings is 2. The summed E-state index contributed by atoms with van der Waals surface area (Å²) in [6.07, 6.45) is 1.68. The van der Waals surface area contributed by atoms with Crippen LogP contribution in [0.15, 0.2) is 72.4 Å². The van der Waals surface area contributed by atoms with Gasteiger partial charge in [-0.3, -0.25) is 0 Å². The van der Waals surface area contributed by atoms with Crippen LogP contribution in [0.2, 0.25) is 0 Å². The van der Waals surface area contributed by atoms with Crippen molar-refractivity contribution in [2.24, 2.45) is 0 Å². The molecule has 0 saturated carbocycles. The maximum absolute atomic E-state index is 9.91. The van der Waals surface area contributed by atoms with Gasteiger partial charge in [-0.1, -0.05) is 66.7 Å². The molecule has 0 aromatic heterocycles. The van der Waals surface area contributed by atoms with Crippen molar-refractivity contribution < 1.29 is 5.11 Å². The first-order chi connectivity index (χ1) is 9.81. The van der Waals surface area contributed by atoms with E-state index in [1.807, 2.05) is 25.1 Å². The van der Waals surface area contributed by atoms with E-state index in [-0.39, 0.29) is 12.1 Å². The lowest BCUT2D eigenvalue weighted by Crippen LogP contribution is -2.50. The van der Waals surface area contributed by atoms with Crippen LogP contribution in [0.5, 0.6) is 0 Å². The van der Waals surface area contributed by atoms with E-state index in [1.165, 1.54) is 11.1 Å². The molecule has 0 bridgehead atoms. The Kier molecular flexibility index (Phi) is 3.57. The fourth-order valence-electron chi connectivity index (χ4n) is 2.90. The van der Waals surface area contributed by atoms with E-state index in [2.05, 4.69) is 53.4 Å². The van der Waals surface area contributed by atoms with Gasteiger partial charge in [0.15, 0.2) is 0 Å². The summed E-state index contributed by atoms with van der Waals surface area (Å²) in [4.78, 5) is 2.27. The average molecular weight is 265 g/mol. The van der Waals surface area contributed by atoms with Crippen LogP contribution in [-0.2, 0) is 0 Å². The van der Waals surface area contributed by atoms with Crippen LogP contribution >= 0.6 is 0 Å². The molecule has 1 atom stereocenters. The number of likely N-dealkylation sites (tertiary alicyclic amines) is 1. The smallest absolute Gasteiger partial charge is 0.111 e. The Labute approximate surface area is 120 Å². The Morgan fingerprint density at radius 1 is 1.00 bits per heavy atom. The Morgan fingerprint density at radius 3 is 1.90 bits per heavy atom. The fourth-order valence-corrected chi connectivity index (χ4v) is 2.90. The van der Waals surface area contributed by atoms with Gasteiger partial charge in [0, 0.05) is 5.70 Å². The second-order valence-corrected chi connectivity index (χ2v) is 5.11. The predicted octanol–water partition coefficient (Wildman–Crippen LogP) is 3.36. The molecule has 1 fully saturated rings. The van der Waals surface area contributed by atoms with E-state index in [9.17, 15) is 5.11 Å². The molecule has 1 aliphatic rings. The second kappa shape index (κ2) is 5.51. The van der Waals surface area contributed by atoms with Crippen LogP contribution in [0.3, 0.4) is 0 Å². The highest BCUT2D eigenvalue weighted by atomic mass is 16.3. The normalized spacial score (nSPS) is 20.2. The van der Waals surface area contributed by atoms with Gasteiger partial charge in [-0.15, -0.1) is 0 Å². The maximum Gasteiger partial charge on any atom is 0.111 e. The molecule has 1 unspecified atom stereocenters. The molecule has 20 heavy (non-hydrogen) atoms. The largest absolute Gasteiger partial charge is 0.385 e. The summed E-state index contributed by atoms with van der Waals surface area (Å²) in [5, 5.41) is 9.91. The summed E-state index contributed by atoms with van der Waals surface area (Å²) in [6.45, 7) is 2.67. The summed E-state index contributed by atoms with van der Waals surface area (Å²) in [7, 11) is 0. The summed E-state index contributed by atoms with van der Waals surface area (Å²) in [5.74, 6) is 0. The van der Waals surface area contributed by atoms with Crippen molar-refractivity contribution in [1.82, 2.24) is 4.90 Å². The SMILES string of the molecule is CC=C1C(O)CN1C(c1ccccc1)c1ccccc1. The van der Waals surface area contributed by atoms with Crippen LogP contribution in [0.4, 0.5) is 0 Å². The van der Waals surface area contributed by atoms with Crippen molar-refractivity contribution >= 4 is 0 Å². The van der Waals surface area contributed by atoms with Gasteiger partial charge in [0.1, 0.15) is 6.10 Å². The lowest BCUT2D eigenvalue weighted by Gasteiger charge is -2.46. The highest BCUT2D eigenvalue weighted by Crippen LogP contribution is 2.37. The van der Waals surface area contributed by atoms with E-state index in [4.69, 9.17) is 0 Å². The molecule has 1 saturated heterocycles. The molecule has 1 aliphatic heterocycles. The molecule has 0 radical (unpaired) electrons. The van der Waals surface area contributed by atoms with Gasteiger partial charge in [-0.05, 0) is 18.1 Å². The minimum absolute atomic E-state index is 0.173. The Morgan fingerprint density at radius 2 is 1.50 bits per heavy atom. The number of aliphatic hydroxyl groups is 1. The summed E-state index contributed by atoms with van der Waals surface area (Å²) in [5.41, 5.74) is 3.53. The quantitative estimate of drug-likeness (QED) is 0.920. The van der Waals surface area contributed by atoms with Gasteiger partial charge in [0.25, 0.3) is 0 Å². The summed E-state index contributed by atoms with van der Waals surface area (Å²) < 4.78 is 0. The van der Waals surface area contributed by atoms with Crippen LogP contribution in [0, 0.1) is 0 Å². The molecule has 3 rings (SSSR count). The highest BCUT2D eigenvalue weighted by molar-refractivity contribution is 5.35. The molecule has 1 heterocycles. The minimum Gasteiger partial charge on any atom is -0.385 e. The minimum atomic E-state index is -0.324. The Balaban J connectivity index is 2.02. The zero-order valence-electron chi connectivity index (χ0n) is 11.6. The molecule has 0 aliphatic carbocycles. The van der Waals surface area contributed by atoms with E-state index in [0.29, 0.717) is 6.54 Å². The molecule has 0 amide bonds. The molecule has 2 aromatic rings. The van der Waals surface area contributed by atoms with Gasteiger partial charge in [-0.2, -0.15) is 0 Å². The third-order valence-electron chi connectivity index (χ3n) is 3.88. The zero-order valence-corrected chi connectivity index (χ0v) is 11.6. The van der Waals surface area contributed by atoms with E-state index >= 15 is 0 Å². The fraction of sp³-hybridized carbons (Fsp3) is 0.222. The first-order valence-corrected chi connectivity index (χ1v) is 7.02. The van der Waals surface area contributed by atoms with Crippen molar-refractivity contribution in [1.29, 1.82) is 0 Å². The molecule has 0 spiro atoms. The zero-order chi connectivity index (χ0) is 13.9. The Bertz CT molecular complexity index is 552. The van der Waals surface area contributed by atoms with Gasteiger partial charge in [0.2, 0.25) is 0 Å². The number of aliphatic hydroxyl groups excluding tert-OH is 1. The van der Waals surface area contributed by atoms with E-state index in [0.717, 1.165) is 5.70 Å². The third kappa shape index (κ3) is 2.23. The average Bonchev–Trinajstić information content (AvgIpc) is 2.49. The van der Waals surface area contributed by atoms with Crippen molar-refractivity contribution in [3.8, 4) is 0 Å². The highest BCUT2D eigenvalue weighted by Gasteiger charge is 2.36. The monoisotopic (exact) mass is 265 g/mol. The van der Waals surface area contributed by atoms with Crippen LogP contribution in [0.25, 0.3) is 0 Å². The van der Waals surface area contributed by atoms with Gasteiger partial charge >= 0.3 is 0 Å². The molecule has 102 valence electrons. The molecular formula is C18H19NO. The van der Waals surface area contributed by atoms with E-state index in [1.54, 1.807) is 0 Å². The Hall–Kier alpha value is -2.06. The third-order valence-corrected chi connectivity index (χ3v) is 3.88. The van der Waals surface area contributed by atoms with Gasteiger partial charge < -0.3 is 10.0 Å². The number of allylic oxidation sites excluding steroid dienone is 1. The first kappa shape index (κ1) is 12.9. The molecule has 2 heteroatoms. The standard InChI is InChI=1S/C18H19NO/c1-2-16-17(20)13-19(16)18(14-9-5-3-6-10-14)15-11-7-4-8-12-15/h2-12,17-18,20H,13H2,1H3. The van der Waals surface area contributed by atoms with Crippen LogP contribution in [0.1, 0.15) is 24.1 Å². The molecule has 2 nitrogen and oxygen atoms in total. The number of rotatable bonds is 3. The van der Waals surface area contributed by atoms with Crippen molar-refractivity contribution in [2.45, 2.75) is 19.1 Å². The number of hydrogen-bond donors (Lipinski definition) is 1. The van der Waals surface area contributed by atoms with Crippen molar-refractivity contribution in [3.05, 3.63) is 83.6 Å². The molecule has 2 aromatic carbocycles. The predicted molar refractivity (Wildman–Crippen MR) is 81.2 cm³/mol. The first-order valence-electron chi connectivity index (χ1n) is 7.02. The molecule has 1 N–H and O–H groups in total. The van der Waals surface area contributed by atoms with Crippen LogP contribution in [-0.4, -0.2) is 22.7 Å². The van der Waals surface area contributed by atoms with E-state index < -0.39 is 0 Å². The summed E-state index contributed by atoms with van der Waals surface area (Å²) >= 11 is 0. The number of β-amino-alcohol motifs (C(OH)–C–C–N with tert-alkyl or cyclic N) is 1.